The molecule has 4 aromatic rings. The van der Waals surface area contributed by atoms with E-state index in [1.165, 1.54) is 15.9 Å². The Balaban J connectivity index is 1.98. The summed E-state index contributed by atoms with van der Waals surface area (Å²) in [5, 5.41) is 7.38. The zero-order chi connectivity index (χ0) is 19.3. The van der Waals surface area contributed by atoms with Crippen LogP contribution in [-0.4, -0.2) is 0 Å². The monoisotopic (exact) mass is 448 g/mol. The molecular weight excluding hydrogens is 427 g/mol. The number of anilines is 1. The zero-order valence-electron chi connectivity index (χ0n) is 15.4. The van der Waals surface area contributed by atoms with E-state index in [0.29, 0.717) is 0 Å². The molecule has 0 saturated carbocycles. The van der Waals surface area contributed by atoms with Crippen molar-refractivity contribution in [3.8, 4) is 0 Å². The summed E-state index contributed by atoms with van der Waals surface area (Å²) in [5.74, 6) is 0. The number of hydrogen-bond acceptors (Lipinski definition) is 2. The van der Waals surface area contributed by atoms with Crippen molar-refractivity contribution in [1.82, 2.24) is 5.20 Å². The number of hydrazine groups is 1. The molecule has 0 amide bonds. The van der Waals surface area contributed by atoms with E-state index in [0.717, 1.165) is 5.69 Å². The fourth-order valence-corrected chi connectivity index (χ4v) is 9.67. The molecule has 28 heavy (non-hydrogen) atoms. The molecule has 4 aromatic carbocycles. The van der Waals surface area contributed by atoms with E-state index in [2.05, 4.69) is 129 Å². The van der Waals surface area contributed by atoms with Crippen LogP contribution < -0.4 is 26.5 Å². The minimum absolute atomic E-state index is 1.01. The van der Waals surface area contributed by atoms with Gasteiger partial charge < -0.3 is 0 Å². The third-order valence-corrected chi connectivity index (χ3v) is 13.5. The second-order valence-electron chi connectivity index (χ2n) is 6.62. The van der Waals surface area contributed by atoms with Crippen LogP contribution in [0.5, 0.6) is 0 Å². The zero-order valence-corrected chi connectivity index (χ0v) is 17.9. The number of benzene rings is 4. The Morgan fingerprint density at radius 3 is 1.14 bits per heavy atom. The Morgan fingerprint density at radius 2 is 0.786 bits per heavy atom. The quantitative estimate of drug-likeness (QED) is 0.306. The van der Waals surface area contributed by atoms with Gasteiger partial charge in [0.15, 0.2) is 0 Å². The van der Waals surface area contributed by atoms with Gasteiger partial charge in [-0.15, -0.1) is 0 Å². The standard InChI is InChI=1S/C24H22BrN2P/c25-28(22-15-7-2-8-16-22,23-17-9-3-10-18-23,24-19-11-4-12-20-24)27-26-21-13-5-1-6-14-21/h1-20,26-27H. The van der Waals surface area contributed by atoms with Crippen LogP contribution in [0.4, 0.5) is 5.69 Å². The van der Waals surface area contributed by atoms with E-state index < -0.39 is 5.46 Å². The van der Waals surface area contributed by atoms with Crippen molar-refractivity contribution in [1.29, 1.82) is 0 Å². The Kier molecular flexibility index (Phi) is 5.32. The molecule has 0 radical (unpaired) electrons. The molecule has 0 aliphatic rings. The van der Waals surface area contributed by atoms with Crippen LogP contribution in [0.3, 0.4) is 0 Å². The predicted molar refractivity (Wildman–Crippen MR) is 127 cm³/mol. The summed E-state index contributed by atoms with van der Waals surface area (Å²) in [6.45, 7) is 0. The average molecular weight is 449 g/mol. The van der Waals surface area contributed by atoms with Gasteiger partial charge in [-0.05, 0) is 0 Å². The van der Waals surface area contributed by atoms with Gasteiger partial charge in [0, 0.05) is 0 Å². The predicted octanol–water partition coefficient (Wildman–Crippen LogP) is 5.36. The van der Waals surface area contributed by atoms with Crippen LogP contribution in [0.1, 0.15) is 0 Å². The first kappa shape index (κ1) is 18.9. The summed E-state index contributed by atoms with van der Waals surface area (Å²) >= 11 is 4.33. The van der Waals surface area contributed by atoms with Gasteiger partial charge in [0.25, 0.3) is 0 Å². The topological polar surface area (TPSA) is 24.1 Å². The molecule has 2 nitrogen and oxygen atoms in total. The molecule has 0 aliphatic heterocycles. The number of halogens is 1. The number of rotatable bonds is 6. The number of nitrogens with one attached hydrogen (secondary N) is 2. The van der Waals surface area contributed by atoms with Crippen LogP contribution in [0.25, 0.3) is 0 Å². The van der Waals surface area contributed by atoms with Crippen LogP contribution >= 0.6 is 20.9 Å². The molecule has 0 spiro atoms. The summed E-state index contributed by atoms with van der Waals surface area (Å²) < 4.78 is 0. The first-order valence-electron chi connectivity index (χ1n) is 9.21. The van der Waals surface area contributed by atoms with E-state index in [4.69, 9.17) is 0 Å². The first-order valence-corrected chi connectivity index (χ1v) is 13.5. The van der Waals surface area contributed by atoms with E-state index in [-0.39, 0.29) is 0 Å². The molecule has 4 heteroatoms. The Hall–Kier alpha value is -2.45. The van der Waals surface area contributed by atoms with Gasteiger partial charge in [-0.2, -0.15) is 0 Å². The normalized spacial score (nSPS) is 12.7. The van der Waals surface area contributed by atoms with Crippen molar-refractivity contribution in [3.63, 3.8) is 0 Å². The van der Waals surface area contributed by atoms with Crippen molar-refractivity contribution < 1.29 is 0 Å². The van der Waals surface area contributed by atoms with Gasteiger partial charge in [-0.25, -0.2) is 0 Å². The van der Waals surface area contributed by atoms with E-state index in [9.17, 15) is 0 Å². The van der Waals surface area contributed by atoms with Crippen molar-refractivity contribution >= 4 is 42.5 Å². The van der Waals surface area contributed by atoms with Gasteiger partial charge >= 0.3 is 174 Å². The summed E-state index contributed by atoms with van der Waals surface area (Å²) in [6.07, 6.45) is 0. The van der Waals surface area contributed by atoms with E-state index in [1.807, 2.05) is 18.2 Å². The van der Waals surface area contributed by atoms with Crippen LogP contribution in [-0.2, 0) is 0 Å². The molecular formula is C24H22BrN2P. The third kappa shape index (κ3) is 3.27. The van der Waals surface area contributed by atoms with Crippen LogP contribution in [0.2, 0.25) is 0 Å². The molecule has 0 fully saturated rings. The summed E-state index contributed by atoms with van der Waals surface area (Å²) in [6, 6.07) is 42.0. The Morgan fingerprint density at radius 1 is 0.464 bits per heavy atom. The number of para-hydroxylation sites is 1. The van der Waals surface area contributed by atoms with Crippen LogP contribution in [0.15, 0.2) is 121 Å². The molecule has 2 N–H and O–H groups in total. The minimum atomic E-state index is -3.17. The first-order chi connectivity index (χ1) is 13.7. The van der Waals surface area contributed by atoms with Crippen molar-refractivity contribution in [2.45, 2.75) is 0 Å². The van der Waals surface area contributed by atoms with Gasteiger partial charge in [0.2, 0.25) is 0 Å². The van der Waals surface area contributed by atoms with Gasteiger partial charge in [0.1, 0.15) is 0 Å². The third-order valence-electron chi connectivity index (χ3n) is 4.91. The van der Waals surface area contributed by atoms with Gasteiger partial charge in [0.05, 0.1) is 0 Å². The molecule has 0 bridgehead atoms. The molecule has 0 atom stereocenters. The summed E-state index contributed by atoms with van der Waals surface area (Å²) in [5.41, 5.74) is 1.33. The second kappa shape index (κ2) is 7.89. The van der Waals surface area contributed by atoms with E-state index >= 15 is 0 Å². The molecule has 0 saturated heterocycles. The SMILES string of the molecule is BrP(NNc1ccccc1)(c1ccccc1)(c1ccccc1)c1ccccc1. The molecule has 4 rings (SSSR count). The van der Waals surface area contributed by atoms with Crippen LogP contribution in [0, 0.1) is 0 Å². The van der Waals surface area contributed by atoms with Gasteiger partial charge in [-0.3, -0.25) is 0 Å². The molecule has 0 unspecified atom stereocenters. The fraction of sp³-hybridized carbons (Fsp3) is 0. The maximum absolute atomic E-state index is 4.33. The molecule has 0 heterocycles. The van der Waals surface area contributed by atoms with Crippen molar-refractivity contribution in [2.24, 2.45) is 0 Å². The van der Waals surface area contributed by atoms with Crippen molar-refractivity contribution in [3.05, 3.63) is 121 Å². The van der Waals surface area contributed by atoms with Crippen molar-refractivity contribution in [2.75, 3.05) is 5.43 Å². The average Bonchev–Trinajstić information content (AvgIpc) is 2.80. The second-order valence-corrected chi connectivity index (χ2v) is 14.7. The Bertz CT molecular complexity index is 926. The van der Waals surface area contributed by atoms with E-state index in [1.54, 1.807) is 0 Å². The maximum atomic E-state index is 4.33. The molecule has 0 aliphatic carbocycles. The fourth-order valence-electron chi connectivity index (χ4n) is 3.46. The van der Waals surface area contributed by atoms with Gasteiger partial charge in [-0.1, -0.05) is 0 Å². The molecule has 0 aromatic heterocycles. The summed E-state index contributed by atoms with van der Waals surface area (Å²) in [7, 11) is 0. The number of hydrogen-bond donors (Lipinski definition) is 2. The molecule has 140 valence electrons. The summed E-state index contributed by atoms with van der Waals surface area (Å²) in [4.78, 5) is 0. The Labute approximate surface area is 174 Å².